The third-order valence-electron chi connectivity index (χ3n) is 8.13. The molecule has 0 spiro atoms. The Labute approximate surface area is 268 Å². The van der Waals surface area contributed by atoms with Gasteiger partial charge in [0.25, 0.3) is 10.0 Å². The highest BCUT2D eigenvalue weighted by Gasteiger charge is 2.43. The van der Waals surface area contributed by atoms with Gasteiger partial charge in [-0.2, -0.15) is 8.42 Å². The van der Waals surface area contributed by atoms with Crippen LogP contribution >= 0.6 is 11.3 Å². The number of hydrogen-bond acceptors (Lipinski definition) is 8. The second kappa shape index (κ2) is 12.6. The van der Waals surface area contributed by atoms with E-state index in [1.54, 1.807) is 27.9 Å². The Morgan fingerprint density at radius 2 is 1.62 bits per heavy atom. The first kappa shape index (κ1) is 32.6. The molecule has 11 nitrogen and oxygen atoms in total. The summed E-state index contributed by atoms with van der Waals surface area (Å²) in [4.78, 5) is 30.8. The van der Waals surface area contributed by atoms with E-state index in [1.165, 1.54) is 27.8 Å². The molecule has 0 saturated carbocycles. The van der Waals surface area contributed by atoms with Gasteiger partial charge >= 0.3 is 6.09 Å². The van der Waals surface area contributed by atoms with Gasteiger partial charge in [0.05, 0.1) is 11.3 Å². The largest absolute Gasteiger partial charge is 0.448 e. The van der Waals surface area contributed by atoms with Gasteiger partial charge < -0.3 is 19.4 Å². The van der Waals surface area contributed by atoms with Gasteiger partial charge in [-0.1, -0.05) is 48.5 Å². The average Bonchev–Trinajstić information content (AvgIpc) is 3.60. The number of hydrogen-bond donors (Lipinski definition) is 0. The van der Waals surface area contributed by atoms with E-state index in [1.807, 2.05) is 48.5 Å². The molecule has 5 rings (SSSR count). The van der Waals surface area contributed by atoms with Crippen LogP contribution in [0.3, 0.4) is 0 Å². The van der Waals surface area contributed by atoms with Crippen molar-refractivity contribution in [2.24, 2.45) is 4.40 Å². The molecule has 3 aromatic rings. The molecular formula is C31H36N4O7S3. The first-order valence-electron chi connectivity index (χ1n) is 14.5. The minimum absolute atomic E-state index is 0.0824. The predicted octanol–water partition coefficient (Wildman–Crippen LogP) is 4.36. The topological polar surface area (TPSA) is 134 Å². The molecule has 2 aromatic carbocycles. The van der Waals surface area contributed by atoms with Crippen molar-refractivity contribution in [2.45, 2.75) is 45.9 Å². The Hall–Kier alpha value is -3.75. The Balaban J connectivity index is 1.32. The van der Waals surface area contributed by atoms with Gasteiger partial charge in [0, 0.05) is 39.2 Å². The van der Waals surface area contributed by atoms with Gasteiger partial charge in [0.15, 0.2) is 9.84 Å². The monoisotopic (exact) mass is 672 g/mol. The fourth-order valence-electron chi connectivity index (χ4n) is 5.83. The number of benzene rings is 2. The number of thiophene rings is 1. The molecule has 0 saturated heterocycles. The van der Waals surface area contributed by atoms with E-state index in [0.717, 1.165) is 28.6 Å². The molecule has 2 amide bonds. The molecule has 14 heteroatoms. The van der Waals surface area contributed by atoms with Crippen molar-refractivity contribution in [2.75, 3.05) is 40.8 Å². The summed E-state index contributed by atoms with van der Waals surface area (Å²) in [7, 11) is -3.28. The highest BCUT2D eigenvalue weighted by Crippen LogP contribution is 2.46. The summed E-state index contributed by atoms with van der Waals surface area (Å²) in [5.74, 6) is -0.551. The van der Waals surface area contributed by atoms with Crippen molar-refractivity contribution >= 4 is 49.5 Å². The van der Waals surface area contributed by atoms with Gasteiger partial charge in [-0.05, 0) is 48.6 Å². The number of sulfone groups is 1. The first-order valence-corrected chi connectivity index (χ1v) is 18.3. The van der Waals surface area contributed by atoms with E-state index in [0.29, 0.717) is 11.3 Å². The van der Waals surface area contributed by atoms with Crippen LogP contribution in [0.2, 0.25) is 0 Å². The SMILES string of the molecule is CCN(C(=O)CN(C)C(=O)OCC1c2ccccc2-c2ccccc21)[C@H]1C[C@H](C)S(=O)(=O)c2sc(S(=O)(=O)/N=C/N(C)C)cc21. The zero-order valence-electron chi connectivity index (χ0n) is 25.7. The standard InChI is InChI=1S/C31H36N4O7S3/c1-6-35(27-15-20(2)44(38,39)30-25(27)16-29(43-30)45(40,41)32-19-33(3)4)28(36)17-34(5)31(37)42-18-26-23-13-9-7-11-21(23)22-12-8-10-14-24(22)26/h7-14,16,19-20,26-27H,6,15,17-18H2,1-5H3/b32-19+/t20-,27-/m0/s1. The highest BCUT2D eigenvalue weighted by molar-refractivity contribution is 7.96. The molecule has 45 heavy (non-hydrogen) atoms. The number of carbonyl (C=O) groups is 2. The van der Waals surface area contributed by atoms with Crippen LogP contribution in [-0.2, 0) is 29.4 Å². The van der Waals surface area contributed by atoms with E-state index in [2.05, 4.69) is 4.40 Å². The molecule has 1 aromatic heterocycles. The predicted molar refractivity (Wildman–Crippen MR) is 173 cm³/mol. The first-order chi connectivity index (χ1) is 21.3. The molecule has 0 radical (unpaired) electrons. The van der Waals surface area contributed by atoms with Crippen molar-refractivity contribution in [3.8, 4) is 11.1 Å². The van der Waals surface area contributed by atoms with Gasteiger partial charge in [0.2, 0.25) is 5.91 Å². The van der Waals surface area contributed by atoms with E-state index in [-0.39, 0.29) is 46.0 Å². The molecule has 0 bridgehead atoms. The maximum absolute atomic E-state index is 13.6. The highest BCUT2D eigenvalue weighted by atomic mass is 32.3. The number of sulfonamides is 1. The quantitative estimate of drug-likeness (QED) is 0.242. The molecular weight excluding hydrogens is 637 g/mol. The minimum atomic E-state index is -4.17. The van der Waals surface area contributed by atoms with E-state index in [4.69, 9.17) is 4.74 Å². The number of amides is 2. The minimum Gasteiger partial charge on any atom is -0.448 e. The molecule has 0 fully saturated rings. The number of rotatable bonds is 9. The van der Waals surface area contributed by atoms with E-state index < -0.39 is 43.2 Å². The number of carbonyl (C=O) groups excluding carboxylic acids is 2. The number of fused-ring (bicyclic) bond motifs is 4. The summed E-state index contributed by atoms with van der Waals surface area (Å²) in [6, 6.07) is 16.6. The Morgan fingerprint density at radius 1 is 1.02 bits per heavy atom. The Kier molecular flexibility index (Phi) is 9.11. The van der Waals surface area contributed by atoms with Crippen LogP contribution in [0.4, 0.5) is 4.79 Å². The maximum atomic E-state index is 13.6. The van der Waals surface area contributed by atoms with Crippen molar-refractivity contribution in [3.63, 3.8) is 0 Å². The number of nitrogens with zero attached hydrogens (tertiary/aromatic N) is 4. The second-order valence-corrected chi connectivity index (χ2v) is 16.9. The van der Waals surface area contributed by atoms with Gasteiger partial charge in [-0.15, -0.1) is 15.7 Å². The molecule has 0 N–H and O–H groups in total. The van der Waals surface area contributed by atoms with Crippen molar-refractivity contribution < 1.29 is 31.2 Å². The van der Waals surface area contributed by atoms with E-state index >= 15 is 0 Å². The summed E-state index contributed by atoms with van der Waals surface area (Å²) in [5, 5.41) is -0.851. The fraction of sp³-hybridized carbons (Fsp3) is 0.387. The molecule has 1 aliphatic carbocycles. The van der Waals surface area contributed by atoms with Crippen LogP contribution in [0, 0.1) is 0 Å². The van der Waals surface area contributed by atoms with Gasteiger partial charge in [-0.25, -0.2) is 13.2 Å². The lowest BCUT2D eigenvalue weighted by atomic mass is 9.98. The lowest BCUT2D eigenvalue weighted by Gasteiger charge is -2.36. The van der Waals surface area contributed by atoms with Gasteiger partial charge in [-0.3, -0.25) is 4.79 Å². The van der Waals surface area contributed by atoms with Crippen molar-refractivity contribution in [3.05, 3.63) is 71.3 Å². The summed E-state index contributed by atoms with van der Waals surface area (Å²) in [6.45, 7) is 3.31. The van der Waals surface area contributed by atoms with Crippen LogP contribution in [0.1, 0.15) is 48.9 Å². The molecule has 2 atom stereocenters. The Bertz CT molecular complexity index is 1820. The van der Waals surface area contributed by atoms with E-state index in [9.17, 15) is 26.4 Å². The van der Waals surface area contributed by atoms with Crippen LogP contribution < -0.4 is 0 Å². The third-order valence-corrected chi connectivity index (χ3v) is 13.7. The van der Waals surface area contributed by atoms with Crippen LogP contribution in [0.15, 0.2) is 67.4 Å². The maximum Gasteiger partial charge on any atom is 0.409 e. The number of ether oxygens (including phenoxy) is 1. The van der Waals surface area contributed by atoms with Crippen molar-refractivity contribution in [1.82, 2.24) is 14.7 Å². The number of likely N-dealkylation sites (N-methyl/N-ethyl adjacent to an activating group) is 2. The molecule has 240 valence electrons. The summed E-state index contributed by atoms with van der Waals surface area (Å²) in [6.07, 6.45) is 0.550. The van der Waals surface area contributed by atoms with Crippen LogP contribution in [0.25, 0.3) is 11.1 Å². The molecule has 2 heterocycles. The van der Waals surface area contributed by atoms with Crippen molar-refractivity contribution in [1.29, 1.82) is 0 Å². The smallest absolute Gasteiger partial charge is 0.409 e. The Morgan fingerprint density at radius 3 is 2.20 bits per heavy atom. The lowest BCUT2D eigenvalue weighted by Crippen LogP contribution is -2.45. The lowest BCUT2D eigenvalue weighted by molar-refractivity contribution is -0.134. The molecule has 1 aliphatic heterocycles. The normalized spacial score (nSPS) is 18.6. The van der Waals surface area contributed by atoms with Crippen LogP contribution in [0.5, 0.6) is 0 Å². The van der Waals surface area contributed by atoms with Gasteiger partial charge in [0.1, 0.15) is 27.9 Å². The average molecular weight is 673 g/mol. The second-order valence-electron chi connectivity index (χ2n) is 11.4. The molecule has 0 unspecified atom stereocenters. The third kappa shape index (κ3) is 6.23. The summed E-state index contributed by atoms with van der Waals surface area (Å²) >= 11 is 0.645. The zero-order chi connectivity index (χ0) is 32.7. The summed E-state index contributed by atoms with van der Waals surface area (Å²) < 4.78 is 61.3. The van der Waals surface area contributed by atoms with Crippen LogP contribution in [-0.4, -0.2) is 96.0 Å². The summed E-state index contributed by atoms with van der Waals surface area (Å²) in [5.41, 5.74) is 4.60. The molecule has 2 aliphatic rings. The zero-order valence-corrected chi connectivity index (χ0v) is 28.2. The fourth-order valence-corrected chi connectivity index (χ4v) is 10.7.